The van der Waals surface area contributed by atoms with E-state index >= 15 is 0 Å². The van der Waals surface area contributed by atoms with Gasteiger partial charge in [-0.3, -0.25) is 4.79 Å². The van der Waals surface area contributed by atoms with Gasteiger partial charge < -0.3 is 19.5 Å². The molecule has 2 aliphatic rings. The van der Waals surface area contributed by atoms with Crippen molar-refractivity contribution in [2.75, 3.05) is 19.7 Å². The van der Waals surface area contributed by atoms with Gasteiger partial charge in [0.1, 0.15) is 5.60 Å². The molecule has 0 aromatic carbocycles. The van der Waals surface area contributed by atoms with Gasteiger partial charge >= 0.3 is 12.1 Å². The Bertz CT molecular complexity index is 395. The molecular weight excluding hydrogens is 274 g/mol. The fourth-order valence-electron chi connectivity index (χ4n) is 3.08. The summed E-state index contributed by atoms with van der Waals surface area (Å²) in [5.41, 5.74) is -0.489. The number of hydrogen-bond acceptors (Lipinski definition) is 4. The number of ether oxygens (including phenoxy) is 2. The molecule has 0 aromatic heterocycles. The molecule has 21 heavy (non-hydrogen) atoms. The molecule has 1 amide bonds. The van der Waals surface area contributed by atoms with Crippen molar-refractivity contribution >= 4 is 12.1 Å². The van der Waals surface area contributed by atoms with Crippen LogP contribution >= 0.6 is 0 Å². The minimum atomic E-state index is -0.771. The number of carbonyl (C=O) groups excluding carboxylic acids is 1. The van der Waals surface area contributed by atoms with Crippen LogP contribution in [0.15, 0.2) is 0 Å². The van der Waals surface area contributed by atoms with Crippen molar-refractivity contribution in [3.63, 3.8) is 0 Å². The number of carboxylic acids is 1. The van der Waals surface area contributed by atoms with Gasteiger partial charge in [-0.15, -0.1) is 0 Å². The minimum absolute atomic E-state index is 0.205. The molecular formula is C15H25NO5. The van der Waals surface area contributed by atoms with Crippen LogP contribution in [0.25, 0.3) is 0 Å². The fourth-order valence-corrected chi connectivity index (χ4v) is 3.08. The summed E-state index contributed by atoms with van der Waals surface area (Å²) in [7, 11) is 0. The van der Waals surface area contributed by atoms with Crippen molar-refractivity contribution < 1.29 is 24.2 Å². The average Bonchev–Trinajstić information content (AvgIpc) is 2.86. The van der Waals surface area contributed by atoms with Gasteiger partial charge in [-0.05, 0) is 46.0 Å². The van der Waals surface area contributed by atoms with E-state index in [1.165, 1.54) is 0 Å². The Balaban J connectivity index is 1.86. The number of likely N-dealkylation sites (tertiary alicyclic amines) is 1. The first-order valence-corrected chi connectivity index (χ1v) is 7.60. The summed E-state index contributed by atoms with van der Waals surface area (Å²) in [6.07, 6.45) is 1.64. The molecule has 2 aliphatic heterocycles. The van der Waals surface area contributed by atoms with Crippen LogP contribution in [-0.2, 0) is 14.3 Å². The van der Waals surface area contributed by atoms with Gasteiger partial charge in [-0.2, -0.15) is 0 Å². The predicted molar refractivity (Wildman–Crippen MR) is 76.0 cm³/mol. The van der Waals surface area contributed by atoms with E-state index in [1.807, 2.05) is 20.8 Å². The summed E-state index contributed by atoms with van der Waals surface area (Å²) in [5, 5.41) is 9.22. The predicted octanol–water partition coefficient (Wildman–Crippen LogP) is 2.12. The first-order chi connectivity index (χ1) is 9.78. The number of hydrogen-bond donors (Lipinski definition) is 1. The quantitative estimate of drug-likeness (QED) is 0.845. The summed E-state index contributed by atoms with van der Waals surface area (Å²) in [6.45, 7) is 7.27. The lowest BCUT2D eigenvalue weighted by Crippen LogP contribution is -2.45. The Morgan fingerprint density at radius 3 is 2.33 bits per heavy atom. The van der Waals surface area contributed by atoms with Crippen LogP contribution in [0.5, 0.6) is 0 Å². The van der Waals surface area contributed by atoms with Gasteiger partial charge in [0.25, 0.3) is 0 Å². The molecule has 2 rings (SSSR count). The van der Waals surface area contributed by atoms with Crippen LogP contribution < -0.4 is 0 Å². The second-order valence-corrected chi connectivity index (χ2v) is 6.87. The number of piperidine rings is 1. The van der Waals surface area contributed by atoms with Gasteiger partial charge in [0.15, 0.2) is 0 Å². The number of carboxylic acid groups (broad SMARTS) is 1. The van der Waals surface area contributed by atoms with E-state index < -0.39 is 17.5 Å². The Labute approximate surface area is 125 Å². The molecule has 6 nitrogen and oxygen atoms in total. The van der Waals surface area contributed by atoms with E-state index in [0.717, 1.165) is 12.8 Å². The summed E-state index contributed by atoms with van der Waals surface area (Å²) in [5.74, 6) is -0.956. The van der Waals surface area contributed by atoms with E-state index in [4.69, 9.17) is 9.47 Å². The monoisotopic (exact) mass is 299 g/mol. The largest absolute Gasteiger partial charge is 0.481 e. The van der Waals surface area contributed by atoms with Gasteiger partial charge in [-0.1, -0.05) is 0 Å². The maximum atomic E-state index is 12.0. The smallest absolute Gasteiger partial charge is 0.410 e. The molecule has 1 N–H and O–H groups in total. The van der Waals surface area contributed by atoms with Crippen LogP contribution in [0.1, 0.15) is 40.0 Å². The summed E-state index contributed by atoms with van der Waals surface area (Å²) < 4.78 is 11.0. The second-order valence-electron chi connectivity index (χ2n) is 6.87. The van der Waals surface area contributed by atoms with E-state index in [2.05, 4.69) is 0 Å². The van der Waals surface area contributed by atoms with Crippen LogP contribution in [0.2, 0.25) is 0 Å². The highest BCUT2D eigenvalue weighted by molar-refractivity contribution is 5.71. The number of amides is 1. The number of carbonyl (C=O) groups is 2. The fraction of sp³-hybridized carbons (Fsp3) is 0.867. The van der Waals surface area contributed by atoms with Crippen LogP contribution in [0.3, 0.4) is 0 Å². The third-order valence-corrected chi connectivity index (χ3v) is 4.11. The normalized spacial score (nSPS) is 27.7. The maximum Gasteiger partial charge on any atom is 0.410 e. The van der Waals surface area contributed by atoms with Gasteiger partial charge in [0, 0.05) is 19.7 Å². The summed E-state index contributed by atoms with van der Waals surface area (Å²) in [6, 6.07) is 0. The molecule has 6 heteroatoms. The number of nitrogens with zero attached hydrogens (tertiary/aromatic N) is 1. The number of rotatable bonds is 2. The molecule has 2 atom stereocenters. The van der Waals surface area contributed by atoms with E-state index in [1.54, 1.807) is 4.90 Å². The van der Waals surface area contributed by atoms with E-state index in [9.17, 15) is 14.7 Å². The zero-order valence-corrected chi connectivity index (χ0v) is 13.0. The van der Waals surface area contributed by atoms with Crippen LogP contribution in [-0.4, -0.2) is 53.5 Å². The highest BCUT2D eigenvalue weighted by Crippen LogP contribution is 2.33. The zero-order valence-electron chi connectivity index (χ0n) is 13.0. The molecule has 0 radical (unpaired) electrons. The first kappa shape index (κ1) is 16.1. The average molecular weight is 299 g/mol. The third-order valence-electron chi connectivity index (χ3n) is 4.11. The standard InChI is InChI=1S/C15H25NO5/c1-15(2,3)21-14(19)16-7-4-10(5-8-16)12-11(13(17)18)6-9-20-12/h10-12H,4-9H2,1-3H3,(H,17,18)/t11-,12+/m1/s1. The molecule has 2 saturated heterocycles. The Hall–Kier alpha value is -1.30. The number of aliphatic carboxylic acids is 1. The van der Waals surface area contributed by atoms with Crippen molar-refractivity contribution in [2.24, 2.45) is 11.8 Å². The Morgan fingerprint density at radius 2 is 1.81 bits per heavy atom. The second kappa shape index (κ2) is 6.22. The van der Waals surface area contributed by atoms with Crippen molar-refractivity contribution in [3.05, 3.63) is 0 Å². The van der Waals surface area contributed by atoms with Crippen LogP contribution in [0.4, 0.5) is 4.79 Å². The van der Waals surface area contributed by atoms with Gasteiger partial charge in [-0.25, -0.2) is 4.79 Å². The minimum Gasteiger partial charge on any atom is -0.481 e. The topological polar surface area (TPSA) is 76.1 Å². The van der Waals surface area contributed by atoms with E-state index in [0.29, 0.717) is 26.1 Å². The van der Waals surface area contributed by atoms with Crippen LogP contribution in [0, 0.1) is 11.8 Å². The molecule has 0 saturated carbocycles. The molecule has 0 aliphatic carbocycles. The molecule has 0 spiro atoms. The lowest BCUT2D eigenvalue weighted by Gasteiger charge is -2.36. The first-order valence-electron chi connectivity index (χ1n) is 7.60. The van der Waals surface area contributed by atoms with Crippen molar-refractivity contribution in [2.45, 2.75) is 51.7 Å². The Kier molecular flexibility index (Phi) is 4.76. The lowest BCUT2D eigenvalue weighted by molar-refractivity contribution is -0.145. The maximum absolute atomic E-state index is 12.0. The highest BCUT2D eigenvalue weighted by atomic mass is 16.6. The molecule has 2 heterocycles. The molecule has 0 aromatic rings. The lowest BCUT2D eigenvalue weighted by atomic mass is 9.84. The van der Waals surface area contributed by atoms with Crippen molar-refractivity contribution in [1.82, 2.24) is 4.90 Å². The van der Waals surface area contributed by atoms with E-state index in [-0.39, 0.29) is 18.1 Å². The third kappa shape index (κ3) is 4.09. The summed E-state index contributed by atoms with van der Waals surface area (Å²) in [4.78, 5) is 24.9. The SMILES string of the molecule is CC(C)(C)OC(=O)N1CCC([C@@H]2OCC[C@H]2C(=O)O)CC1. The van der Waals surface area contributed by atoms with Crippen molar-refractivity contribution in [3.8, 4) is 0 Å². The van der Waals surface area contributed by atoms with Gasteiger partial charge in [0.05, 0.1) is 12.0 Å². The zero-order chi connectivity index (χ0) is 15.6. The summed E-state index contributed by atoms with van der Waals surface area (Å²) >= 11 is 0. The van der Waals surface area contributed by atoms with Crippen molar-refractivity contribution in [1.29, 1.82) is 0 Å². The molecule has 2 fully saturated rings. The van der Waals surface area contributed by atoms with Gasteiger partial charge in [0.2, 0.25) is 0 Å². The Morgan fingerprint density at radius 1 is 1.19 bits per heavy atom. The molecule has 0 unspecified atom stereocenters. The highest BCUT2D eigenvalue weighted by Gasteiger charge is 2.41. The molecule has 120 valence electrons. The molecule has 0 bridgehead atoms.